The van der Waals surface area contributed by atoms with Crippen molar-refractivity contribution >= 4 is 29.1 Å². The van der Waals surface area contributed by atoms with Gasteiger partial charge in [0.1, 0.15) is 11.5 Å². The number of ether oxygens (including phenoxy) is 1. The Kier molecular flexibility index (Phi) is 4.15. The Hall–Kier alpha value is -2.34. The highest BCUT2D eigenvalue weighted by molar-refractivity contribution is 7.12. The molecule has 0 aliphatic carbocycles. The maximum absolute atomic E-state index is 11.5. The van der Waals surface area contributed by atoms with Crippen molar-refractivity contribution in [2.45, 2.75) is 6.61 Å². The van der Waals surface area contributed by atoms with Crippen molar-refractivity contribution in [2.75, 3.05) is 5.32 Å². The molecule has 0 aliphatic heterocycles. The van der Waals surface area contributed by atoms with Gasteiger partial charge in [-0.05, 0) is 17.0 Å². The van der Waals surface area contributed by atoms with Gasteiger partial charge in [-0.3, -0.25) is 5.32 Å². The zero-order valence-electron chi connectivity index (χ0n) is 9.83. The van der Waals surface area contributed by atoms with Gasteiger partial charge in [0.2, 0.25) is 0 Å². The number of rotatable bonds is 4. The summed E-state index contributed by atoms with van der Waals surface area (Å²) in [6.07, 6.45) is -0.676. The minimum Gasteiger partial charge on any atom is -0.477 e. The van der Waals surface area contributed by atoms with Crippen LogP contribution in [0, 0.1) is 0 Å². The van der Waals surface area contributed by atoms with E-state index >= 15 is 0 Å². The van der Waals surface area contributed by atoms with Gasteiger partial charge in [0.05, 0.1) is 5.69 Å². The van der Waals surface area contributed by atoms with E-state index in [1.54, 1.807) is 5.38 Å². The molecule has 1 aromatic heterocycles. The van der Waals surface area contributed by atoms with Gasteiger partial charge in [-0.2, -0.15) is 0 Å². The summed E-state index contributed by atoms with van der Waals surface area (Å²) in [4.78, 5) is 22.5. The molecule has 0 aliphatic rings. The van der Waals surface area contributed by atoms with Crippen LogP contribution in [-0.2, 0) is 11.3 Å². The Labute approximate surface area is 113 Å². The molecule has 2 rings (SSSR count). The van der Waals surface area contributed by atoms with Gasteiger partial charge < -0.3 is 9.84 Å². The van der Waals surface area contributed by atoms with E-state index in [0.29, 0.717) is 0 Å². The highest BCUT2D eigenvalue weighted by Gasteiger charge is 2.14. The summed E-state index contributed by atoms with van der Waals surface area (Å²) in [5.74, 6) is -1.08. The Morgan fingerprint density at radius 1 is 1.21 bits per heavy atom. The Morgan fingerprint density at radius 2 is 1.95 bits per heavy atom. The third-order valence-electron chi connectivity index (χ3n) is 2.31. The highest BCUT2D eigenvalue weighted by Crippen LogP contribution is 2.22. The van der Waals surface area contributed by atoms with Crippen molar-refractivity contribution in [2.24, 2.45) is 0 Å². The molecular weight excluding hydrogens is 266 g/mol. The van der Waals surface area contributed by atoms with E-state index in [2.05, 4.69) is 5.32 Å². The number of aromatic carboxylic acids is 1. The van der Waals surface area contributed by atoms with E-state index in [9.17, 15) is 9.59 Å². The highest BCUT2D eigenvalue weighted by atomic mass is 32.1. The Bertz CT molecular complexity index is 579. The summed E-state index contributed by atoms with van der Waals surface area (Å²) < 4.78 is 5.00. The average Bonchev–Trinajstić information content (AvgIpc) is 2.86. The maximum Gasteiger partial charge on any atom is 0.412 e. The third kappa shape index (κ3) is 3.56. The molecule has 1 heterocycles. The van der Waals surface area contributed by atoms with Crippen LogP contribution >= 0.6 is 11.3 Å². The summed E-state index contributed by atoms with van der Waals surface area (Å²) in [5.41, 5.74) is 1.11. The van der Waals surface area contributed by atoms with Crippen LogP contribution in [-0.4, -0.2) is 17.2 Å². The number of anilines is 1. The minimum absolute atomic E-state index is 0.0802. The summed E-state index contributed by atoms with van der Waals surface area (Å²) in [6, 6.07) is 10.8. The maximum atomic E-state index is 11.5. The predicted molar refractivity (Wildman–Crippen MR) is 71.5 cm³/mol. The predicted octanol–water partition coefficient (Wildman–Crippen LogP) is 3.20. The fourth-order valence-electron chi connectivity index (χ4n) is 1.44. The quantitative estimate of drug-likeness (QED) is 0.899. The summed E-state index contributed by atoms with van der Waals surface area (Å²) in [7, 11) is 0. The first-order valence-electron chi connectivity index (χ1n) is 5.45. The van der Waals surface area contributed by atoms with Crippen LogP contribution in [0.5, 0.6) is 0 Å². The molecule has 0 fully saturated rings. The van der Waals surface area contributed by atoms with E-state index in [4.69, 9.17) is 9.84 Å². The summed E-state index contributed by atoms with van der Waals surface area (Å²) in [5, 5.41) is 12.9. The van der Waals surface area contributed by atoms with Crippen LogP contribution in [0.25, 0.3) is 0 Å². The van der Waals surface area contributed by atoms with Crippen LogP contribution in [0.3, 0.4) is 0 Å². The van der Waals surface area contributed by atoms with Crippen molar-refractivity contribution in [3.05, 3.63) is 52.2 Å². The molecule has 2 aromatic rings. The fourth-order valence-corrected chi connectivity index (χ4v) is 2.13. The zero-order valence-corrected chi connectivity index (χ0v) is 10.6. The number of carbonyl (C=O) groups is 2. The second kappa shape index (κ2) is 6.01. The minimum atomic E-state index is -1.08. The van der Waals surface area contributed by atoms with Crippen LogP contribution in [0.2, 0.25) is 0 Å². The van der Waals surface area contributed by atoms with Crippen molar-refractivity contribution in [3.63, 3.8) is 0 Å². The first-order chi connectivity index (χ1) is 9.16. The van der Waals surface area contributed by atoms with E-state index in [1.165, 1.54) is 6.07 Å². The molecule has 0 spiro atoms. The standard InChI is InChI=1S/C13H11NO4S/c15-12(16)11-10(6-7-19-11)14-13(17)18-8-9-4-2-1-3-5-9/h1-7H,8H2,(H,14,17)(H,15,16). The van der Waals surface area contributed by atoms with E-state index in [1.807, 2.05) is 30.3 Å². The number of carboxylic acids is 1. The van der Waals surface area contributed by atoms with Crippen molar-refractivity contribution in [1.82, 2.24) is 0 Å². The molecule has 6 heteroatoms. The topological polar surface area (TPSA) is 75.6 Å². The zero-order chi connectivity index (χ0) is 13.7. The molecule has 0 bridgehead atoms. The third-order valence-corrected chi connectivity index (χ3v) is 3.21. The molecule has 0 radical (unpaired) electrons. The SMILES string of the molecule is O=C(Nc1ccsc1C(=O)O)OCc1ccccc1. The number of amides is 1. The number of hydrogen-bond acceptors (Lipinski definition) is 4. The number of nitrogens with one attached hydrogen (secondary N) is 1. The number of carbonyl (C=O) groups excluding carboxylic acids is 1. The van der Waals surface area contributed by atoms with Gasteiger partial charge >= 0.3 is 12.1 Å². The molecule has 19 heavy (non-hydrogen) atoms. The van der Waals surface area contributed by atoms with Crippen LogP contribution in [0.15, 0.2) is 41.8 Å². The lowest BCUT2D eigenvalue weighted by atomic mass is 10.2. The van der Waals surface area contributed by atoms with E-state index in [0.717, 1.165) is 16.9 Å². The molecule has 2 N–H and O–H groups in total. The van der Waals surface area contributed by atoms with Gasteiger partial charge in [0.25, 0.3) is 0 Å². The molecule has 0 saturated heterocycles. The Balaban J connectivity index is 1.91. The van der Waals surface area contributed by atoms with Crippen molar-refractivity contribution in [1.29, 1.82) is 0 Å². The fraction of sp³-hybridized carbons (Fsp3) is 0.0769. The lowest BCUT2D eigenvalue weighted by Gasteiger charge is -2.06. The number of carboxylic acid groups (broad SMARTS) is 1. The van der Waals surface area contributed by atoms with Gasteiger partial charge in [0, 0.05) is 0 Å². The molecule has 1 amide bonds. The van der Waals surface area contributed by atoms with Crippen LogP contribution in [0.1, 0.15) is 15.2 Å². The molecule has 0 unspecified atom stereocenters. The van der Waals surface area contributed by atoms with Gasteiger partial charge in [-0.15, -0.1) is 11.3 Å². The molecule has 0 saturated carbocycles. The largest absolute Gasteiger partial charge is 0.477 e. The first kappa shape index (κ1) is 13.1. The summed E-state index contributed by atoms with van der Waals surface area (Å²) in [6.45, 7) is 0.138. The number of benzene rings is 1. The molecular formula is C13H11NO4S. The summed E-state index contributed by atoms with van der Waals surface area (Å²) >= 11 is 1.04. The molecule has 98 valence electrons. The second-order valence-electron chi connectivity index (χ2n) is 3.66. The molecule has 1 aromatic carbocycles. The lowest BCUT2D eigenvalue weighted by molar-refractivity contribution is 0.0703. The van der Waals surface area contributed by atoms with Gasteiger partial charge in [0.15, 0.2) is 0 Å². The monoisotopic (exact) mass is 277 g/mol. The first-order valence-corrected chi connectivity index (χ1v) is 6.33. The van der Waals surface area contributed by atoms with Crippen LogP contribution < -0.4 is 5.32 Å². The van der Waals surface area contributed by atoms with Gasteiger partial charge in [-0.25, -0.2) is 9.59 Å². The van der Waals surface area contributed by atoms with E-state index < -0.39 is 12.1 Å². The normalized spacial score (nSPS) is 9.89. The lowest BCUT2D eigenvalue weighted by Crippen LogP contribution is -2.14. The average molecular weight is 277 g/mol. The van der Waals surface area contributed by atoms with Crippen LogP contribution in [0.4, 0.5) is 10.5 Å². The number of thiophene rings is 1. The Morgan fingerprint density at radius 3 is 2.63 bits per heavy atom. The molecule has 0 atom stereocenters. The van der Waals surface area contributed by atoms with Gasteiger partial charge in [-0.1, -0.05) is 30.3 Å². The molecule has 5 nitrogen and oxygen atoms in total. The number of hydrogen-bond donors (Lipinski definition) is 2. The van der Waals surface area contributed by atoms with Crippen molar-refractivity contribution < 1.29 is 19.4 Å². The van der Waals surface area contributed by atoms with E-state index in [-0.39, 0.29) is 17.2 Å². The smallest absolute Gasteiger partial charge is 0.412 e. The van der Waals surface area contributed by atoms with Crippen molar-refractivity contribution in [3.8, 4) is 0 Å². The second-order valence-corrected chi connectivity index (χ2v) is 4.57.